The van der Waals surface area contributed by atoms with E-state index >= 15 is 0 Å². The summed E-state index contributed by atoms with van der Waals surface area (Å²) in [7, 11) is -3.77. The molecule has 0 fully saturated rings. The molecule has 0 radical (unpaired) electrons. The van der Waals surface area contributed by atoms with Crippen molar-refractivity contribution in [2.45, 2.75) is 38.6 Å². The molecule has 2 amide bonds. The second-order valence-corrected chi connectivity index (χ2v) is 7.30. The molecule has 0 atom stereocenters. The summed E-state index contributed by atoms with van der Waals surface area (Å²) in [6, 6.07) is 5.78. The maximum Gasteiger partial charge on any atom is 0.243 e. The molecule has 128 valence electrons. The molecule has 0 bridgehead atoms. The third-order valence-electron chi connectivity index (χ3n) is 2.93. The fourth-order valence-corrected chi connectivity index (χ4v) is 3.36. The van der Waals surface area contributed by atoms with Gasteiger partial charge in [0.15, 0.2) is 0 Å². The van der Waals surface area contributed by atoms with Gasteiger partial charge in [-0.1, -0.05) is 6.92 Å². The van der Waals surface area contributed by atoms with E-state index in [9.17, 15) is 18.0 Å². The van der Waals surface area contributed by atoms with Crippen molar-refractivity contribution in [2.24, 2.45) is 0 Å². The Bertz CT molecular complexity index is 654. The summed E-state index contributed by atoms with van der Waals surface area (Å²) in [6.07, 6.45) is 0. The molecule has 1 aromatic rings. The summed E-state index contributed by atoms with van der Waals surface area (Å²) in [5.41, 5.74) is 0.511. The largest absolute Gasteiger partial charge is 0.353 e. The maximum atomic E-state index is 12.6. The number of rotatable bonds is 7. The molecule has 0 aliphatic carbocycles. The van der Waals surface area contributed by atoms with Crippen molar-refractivity contribution in [3.63, 3.8) is 0 Å². The van der Waals surface area contributed by atoms with Crippen LogP contribution in [0.4, 0.5) is 5.69 Å². The molecule has 0 aliphatic rings. The fraction of sp³-hybridized carbons (Fsp3) is 0.467. The Morgan fingerprint density at radius 3 is 2.17 bits per heavy atom. The molecular weight excluding hydrogens is 318 g/mol. The third kappa shape index (κ3) is 5.65. The van der Waals surface area contributed by atoms with Gasteiger partial charge in [-0.3, -0.25) is 9.59 Å². The highest BCUT2D eigenvalue weighted by Gasteiger charge is 2.25. The molecule has 8 heteroatoms. The summed E-state index contributed by atoms with van der Waals surface area (Å²) in [6.45, 7) is 6.61. The number of sulfonamides is 1. The van der Waals surface area contributed by atoms with Gasteiger partial charge in [-0.25, -0.2) is 8.42 Å². The molecule has 0 heterocycles. The molecular formula is C15H23N3O4S. The topological polar surface area (TPSA) is 95.6 Å². The van der Waals surface area contributed by atoms with E-state index in [1.807, 2.05) is 13.8 Å². The van der Waals surface area contributed by atoms with Gasteiger partial charge in [0.05, 0.1) is 11.4 Å². The lowest BCUT2D eigenvalue weighted by atomic mass is 10.3. The summed E-state index contributed by atoms with van der Waals surface area (Å²) in [5, 5.41) is 5.24. The number of anilines is 1. The van der Waals surface area contributed by atoms with E-state index in [0.29, 0.717) is 5.69 Å². The molecule has 0 saturated heterocycles. The van der Waals surface area contributed by atoms with Crippen LogP contribution in [0.15, 0.2) is 29.2 Å². The summed E-state index contributed by atoms with van der Waals surface area (Å²) in [5.74, 6) is -0.582. The monoisotopic (exact) mass is 341 g/mol. The normalized spacial score (nSPS) is 11.6. The molecule has 0 aliphatic heterocycles. The minimum Gasteiger partial charge on any atom is -0.353 e. The van der Waals surface area contributed by atoms with E-state index in [-0.39, 0.29) is 35.8 Å². The Balaban J connectivity index is 2.94. The Labute approximate surface area is 137 Å². The summed E-state index contributed by atoms with van der Waals surface area (Å²) >= 11 is 0. The number of carbonyl (C=O) groups is 2. The first-order valence-electron chi connectivity index (χ1n) is 7.34. The molecule has 1 aromatic carbocycles. The van der Waals surface area contributed by atoms with Gasteiger partial charge < -0.3 is 10.6 Å². The predicted molar refractivity (Wildman–Crippen MR) is 88.5 cm³/mol. The van der Waals surface area contributed by atoms with Gasteiger partial charge >= 0.3 is 0 Å². The first kappa shape index (κ1) is 19.1. The second-order valence-electron chi connectivity index (χ2n) is 5.36. The number of benzene rings is 1. The van der Waals surface area contributed by atoms with Gasteiger partial charge in [-0.2, -0.15) is 4.31 Å². The SMILES string of the molecule is CCN(CC(=O)NC(C)C)S(=O)(=O)c1ccc(NC(C)=O)cc1. The van der Waals surface area contributed by atoms with Crippen LogP contribution in [-0.4, -0.2) is 43.7 Å². The maximum absolute atomic E-state index is 12.6. The first-order valence-corrected chi connectivity index (χ1v) is 8.78. The zero-order chi connectivity index (χ0) is 17.6. The third-order valence-corrected chi connectivity index (χ3v) is 4.87. The van der Waals surface area contributed by atoms with Crippen LogP contribution in [0.2, 0.25) is 0 Å². The quantitative estimate of drug-likeness (QED) is 0.778. The van der Waals surface area contributed by atoms with Crippen LogP contribution in [-0.2, 0) is 19.6 Å². The molecule has 2 N–H and O–H groups in total. The lowest BCUT2D eigenvalue weighted by Gasteiger charge is -2.21. The molecule has 7 nitrogen and oxygen atoms in total. The number of likely N-dealkylation sites (N-methyl/N-ethyl adjacent to an activating group) is 1. The smallest absolute Gasteiger partial charge is 0.243 e. The zero-order valence-corrected chi connectivity index (χ0v) is 14.6. The number of nitrogens with zero attached hydrogens (tertiary/aromatic N) is 1. The molecule has 23 heavy (non-hydrogen) atoms. The van der Waals surface area contributed by atoms with Gasteiger partial charge in [0.1, 0.15) is 0 Å². The molecule has 0 aromatic heterocycles. The van der Waals surface area contributed by atoms with E-state index in [4.69, 9.17) is 0 Å². The van der Waals surface area contributed by atoms with Crippen LogP contribution < -0.4 is 10.6 Å². The van der Waals surface area contributed by atoms with E-state index in [1.165, 1.54) is 31.2 Å². The highest BCUT2D eigenvalue weighted by Crippen LogP contribution is 2.18. The van der Waals surface area contributed by atoms with Crippen molar-refractivity contribution in [1.29, 1.82) is 0 Å². The average Bonchev–Trinajstić information content (AvgIpc) is 2.43. The van der Waals surface area contributed by atoms with E-state index in [1.54, 1.807) is 6.92 Å². The Morgan fingerprint density at radius 2 is 1.74 bits per heavy atom. The molecule has 0 saturated carbocycles. The molecule has 0 spiro atoms. The average molecular weight is 341 g/mol. The van der Waals surface area contributed by atoms with Gasteiger partial charge in [0.2, 0.25) is 21.8 Å². The van der Waals surface area contributed by atoms with Crippen LogP contribution in [0.5, 0.6) is 0 Å². The van der Waals surface area contributed by atoms with Crippen molar-refractivity contribution in [3.8, 4) is 0 Å². The number of nitrogens with one attached hydrogen (secondary N) is 2. The summed E-state index contributed by atoms with van der Waals surface area (Å²) < 4.78 is 26.3. The van der Waals surface area contributed by atoms with E-state index in [0.717, 1.165) is 4.31 Å². The highest BCUT2D eigenvalue weighted by molar-refractivity contribution is 7.89. The van der Waals surface area contributed by atoms with Gasteiger partial charge in [-0.05, 0) is 38.1 Å². The van der Waals surface area contributed by atoms with Crippen LogP contribution in [0.1, 0.15) is 27.7 Å². The van der Waals surface area contributed by atoms with Crippen molar-refractivity contribution >= 4 is 27.5 Å². The van der Waals surface area contributed by atoms with Crippen molar-refractivity contribution in [3.05, 3.63) is 24.3 Å². The predicted octanol–water partition coefficient (Wildman–Crippen LogP) is 1.18. The van der Waals surface area contributed by atoms with Crippen molar-refractivity contribution in [1.82, 2.24) is 9.62 Å². The van der Waals surface area contributed by atoms with Gasteiger partial charge in [0.25, 0.3) is 0 Å². The highest BCUT2D eigenvalue weighted by atomic mass is 32.2. The number of carbonyl (C=O) groups excluding carboxylic acids is 2. The van der Waals surface area contributed by atoms with Crippen molar-refractivity contribution < 1.29 is 18.0 Å². The first-order chi connectivity index (χ1) is 10.7. The van der Waals surface area contributed by atoms with Gasteiger partial charge in [0, 0.05) is 25.2 Å². The van der Waals surface area contributed by atoms with Crippen LogP contribution in [0.25, 0.3) is 0 Å². The Kier molecular flexibility index (Phi) is 6.71. The Morgan fingerprint density at radius 1 is 1.17 bits per heavy atom. The van der Waals surface area contributed by atoms with Crippen LogP contribution in [0, 0.1) is 0 Å². The van der Waals surface area contributed by atoms with E-state index < -0.39 is 10.0 Å². The molecule has 0 unspecified atom stereocenters. The fourth-order valence-electron chi connectivity index (χ4n) is 1.96. The minimum atomic E-state index is -3.77. The Hall–Kier alpha value is -1.93. The molecule has 1 rings (SSSR count). The van der Waals surface area contributed by atoms with Crippen LogP contribution >= 0.6 is 0 Å². The van der Waals surface area contributed by atoms with Crippen molar-refractivity contribution in [2.75, 3.05) is 18.4 Å². The summed E-state index contributed by atoms with van der Waals surface area (Å²) in [4.78, 5) is 22.9. The number of hydrogen-bond acceptors (Lipinski definition) is 4. The van der Waals surface area contributed by atoms with Crippen LogP contribution in [0.3, 0.4) is 0 Å². The lowest BCUT2D eigenvalue weighted by Crippen LogP contribution is -2.42. The zero-order valence-electron chi connectivity index (χ0n) is 13.8. The number of amides is 2. The number of hydrogen-bond donors (Lipinski definition) is 2. The lowest BCUT2D eigenvalue weighted by molar-refractivity contribution is -0.121. The van der Waals surface area contributed by atoms with Gasteiger partial charge in [-0.15, -0.1) is 0 Å². The minimum absolute atomic E-state index is 0.0548. The van der Waals surface area contributed by atoms with E-state index in [2.05, 4.69) is 10.6 Å². The standard InChI is InChI=1S/C15H23N3O4S/c1-5-18(10-15(20)16-11(2)3)23(21,22)14-8-6-13(7-9-14)17-12(4)19/h6-9,11H,5,10H2,1-4H3,(H,16,20)(H,17,19). The second kappa shape index (κ2) is 8.07.